The van der Waals surface area contributed by atoms with Crippen LogP contribution in [0.15, 0.2) is 53.6 Å². The van der Waals surface area contributed by atoms with Crippen molar-refractivity contribution in [2.75, 3.05) is 0 Å². The topological polar surface area (TPSA) is 0 Å². The lowest BCUT2D eigenvalue weighted by Crippen LogP contribution is -2.29. The smallest absolute Gasteiger partial charge is 0.207 e. The normalized spacial score (nSPS) is 14.9. The Morgan fingerprint density at radius 1 is 1.25 bits per heavy atom. The zero-order valence-corrected chi connectivity index (χ0v) is 14.1. The highest BCUT2D eigenvalue weighted by Crippen LogP contribution is 2.30. The number of hydrogen-bond donors (Lipinski definition) is 0. The molecule has 6 heteroatoms. The van der Waals surface area contributed by atoms with Crippen LogP contribution in [0.3, 0.4) is 0 Å². The Morgan fingerprint density at radius 2 is 1.88 bits per heavy atom. The van der Waals surface area contributed by atoms with Crippen molar-refractivity contribution in [2.24, 2.45) is 0 Å². The van der Waals surface area contributed by atoms with Gasteiger partial charge in [0.2, 0.25) is 0 Å². The van der Waals surface area contributed by atoms with E-state index in [1.807, 2.05) is 0 Å². The van der Waals surface area contributed by atoms with E-state index in [0.717, 1.165) is 11.6 Å². The summed E-state index contributed by atoms with van der Waals surface area (Å²) >= 11 is 5.80. The van der Waals surface area contributed by atoms with Gasteiger partial charge in [0.1, 0.15) is 5.82 Å². The molecule has 0 aliphatic heterocycles. The van der Waals surface area contributed by atoms with E-state index in [1.54, 1.807) is 26.0 Å². The highest BCUT2D eigenvalue weighted by molar-refractivity contribution is 6.31. The fraction of sp³-hybridized carbons (Fsp3) is 0.333. The van der Waals surface area contributed by atoms with Gasteiger partial charge in [0.15, 0.2) is 0 Å². The fourth-order valence-electron chi connectivity index (χ4n) is 2.06. The molecule has 1 rings (SSSR count). The van der Waals surface area contributed by atoms with Gasteiger partial charge in [-0.1, -0.05) is 48.9 Å². The maximum Gasteiger partial charge on any atom is 0.311 e. The Kier molecular flexibility index (Phi) is 7.21. The van der Waals surface area contributed by atoms with Crippen LogP contribution in [0.4, 0.5) is 22.0 Å². The monoisotopic (exact) mass is 364 g/mol. The predicted molar refractivity (Wildman–Crippen MR) is 87.4 cm³/mol. The molecule has 0 N–H and O–H groups in total. The summed E-state index contributed by atoms with van der Waals surface area (Å²) in [4.78, 5) is 0. The van der Waals surface area contributed by atoms with Gasteiger partial charge >= 0.3 is 12.3 Å². The summed E-state index contributed by atoms with van der Waals surface area (Å²) in [7, 11) is 0. The highest BCUT2D eigenvalue weighted by atomic mass is 35.5. The van der Waals surface area contributed by atoms with E-state index in [-0.39, 0.29) is 11.5 Å². The number of rotatable bonds is 7. The van der Waals surface area contributed by atoms with Gasteiger partial charge in [-0.2, -0.15) is 8.78 Å². The van der Waals surface area contributed by atoms with Crippen molar-refractivity contribution >= 4 is 11.6 Å². The van der Waals surface area contributed by atoms with Crippen LogP contribution in [0, 0.1) is 5.82 Å². The first kappa shape index (κ1) is 20.4. The van der Waals surface area contributed by atoms with E-state index in [1.165, 1.54) is 18.2 Å². The summed E-state index contributed by atoms with van der Waals surface area (Å²) in [6.07, 6.45) is -0.261. The first-order chi connectivity index (χ1) is 11.1. The van der Waals surface area contributed by atoms with Crippen molar-refractivity contribution in [3.05, 3.63) is 70.6 Å². The van der Waals surface area contributed by atoms with E-state index in [9.17, 15) is 22.0 Å². The number of hydrogen-bond acceptors (Lipinski definition) is 0. The summed E-state index contributed by atoms with van der Waals surface area (Å²) in [5.41, 5.74) is 1.05. The molecule has 0 saturated heterocycles. The van der Waals surface area contributed by atoms with Crippen molar-refractivity contribution < 1.29 is 22.0 Å². The lowest BCUT2D eigenvalue weighted by Gasteiger charge is -2.18. The summed E-state index contributed by atoms with van der Waals surface area (Å²) < 4.78 is 64.7. The maximum atomic E-state index is 13.7. The van der Waals surface area contributed by atoms with Crippen LogP contribution in [0.2, 0.25) is 0 Å². The van der Waals surface area contributed by atoms with E-state index in [4.69, 9.17) is 11.6 Å². The third kappa shape index (κ3) is 5.78. The molecule has 1 aromatic rings. The molecular formula is C18H18ClF5. The van der Waals surface area contributed by atoms with Crippen LogP contribution in [-0.4, -0.2) is 12.3 Å². The number of allylic oxidation sites excluding steroid dienone is 5. The van der Waals surface area contributed by atoms with Gasteiger partial charge < -0.3 is 0 Å². The molecule has 1 aromatic carbocycles. The molecular weight excluding hydrogens is 347 g/mol. The Morgan fingerprint density at radius 3 is 2.42 bits per heavy atom. The highest BCUT2D eigenvalue weighted by Gasteiger charge is 2.40. The summed E-state index contributed by atoms with van der Waals surface area (Å²) in [5.74, 6) is -5.24. The van der Waals surface area contributed by atoms with E-state index in [0.29, 0.717) is 10.6 Å². The molecule has 24 heavy (non-hydrogen) atoms. The zero-order chi connectivity index (χ0) is 18.5. The third-order valence-corrected chi connectivity index (χ3v) is 3.90. The first-order valence-electron chi connectivity index (χ1n) is 7.18. The Balaban J connectivity index is 3.11. The maximum absolute atomic E-state index is 13.7. The van der Waals surface area contributed by atoms with E-state index >= 15 is 0 Å². The van der Waals surface area contributed by atoms with Gasteiger partial charge in [0.25, 0.3) is 0 Å². The molecule has 0 spiro atoms. The largest absolute Gasteiger partial charge is 0.311 e. The van der Waals surface area contributed by atoms with Crippen molar-refractivity contribution in [3.8, 4) is 0 Å². The van der Waals surface area contributed by atoms with Crippen LogP contribution in [0.25, 0.3) is 0 Å². The van der Waals surface area contributed by atoms with Crippen LogP contribution < -0.4 is 0 Å². The van der Waals surface area contributed by atoms with Gasteiger partial charge in [0.05, 0.1) is 0 Å². The minimum Gasteiger partial charge on any atom is -0.207 e. The van der Waals surface area contributed by atoms with Crippen LogP contribution in [0.5, 0.6) is 0 Å². The second kappa shape index (κ2) is 8.47. The molecule has 0 amide bonds. The SMILES string of the molecule is C=C/C(Cl)=C\C=C(/C)C(C)c1cc(F)cc(CC(F)(F)C(F)F)c1. The Labute approximate surface area is 143 Å². The van der Waals surface area contributed by atoms with Gasteiger partial charge in [-0.15, -0.1) is 0 Å². The molecule has 0 nitrogen and oxygen atoms in total. The van der Waals surface area contributed by atoms with E-state index < -0.39 is 24.6 Å². The molecule has 0 aromatic heterocycles. The van der Waals surface area contributed by atoms with Gasteiger partial charge in [-0.3, -0.25) is 0 Å². The molecule has 0 bridgehead atoms. The van der Waals surface area contributed by atoms with Crippen molar-refractivity contribution in [3.63, 3.8) is 0 Å². The Hall–Kier alpha value is -1.62. The zero-order valence-electron chi connectivity index (χ0n) is 13.3. The Bertz CT molecular complexity index is 647. The summed E-state index contributed by atoms with van der Waals surface area (Å²) in [6.45, 7) is 7.03. The summed E-state index contributed by atoms with van der Waals surface area (Å²) in [5, 5.41) is 0.415. The van der Waals surface area contributed by atoms with Crippen LogP contribution in [0.1, 0.15) is 30.9 Å². The van der Waals surface area contributed by atoms with Gasteiger partial charge in [-0.25, -0.2) is 13.2 Å². The second-order valence-electron chi connectivity index (χ2n) is 5.52. The van der Waals surface area contributed by atoms with Gasteiger partial charge in [0, 0.05) is 17.4 Å². The van der Waals surface area contributed by atoms with Crippen LogP contribution in [-0.2, 0) is 6.42 Å². The molecule has 0 radical (unpaired) electrons. The molecule has 0 fully saturated rings. The molecule has 0 aliphatic carbocycles. The van der Waals surface area contributed by atoms with Crippen LogP contribution >= 0.6 is 11.6 Å². The lowest BCUT2D eigenvalue weighted by molar-refractivity contribution is -0.127. The third-order valence-electron chi connectivity index (χ3n) is 3.62. The average Bonchev–Trinajstić information content (AvgIpc) is 2.50. The minimum atomic E-state index is -4.20. The lowest BCUT2D eigenvalue weighted by atomic mass is 9.91. The van der Waals surface area contributed by atoms with E-state index in [2.05, 4.69) is 6.58 Å². The van der Waals surface area contributed by atoms with Crippen molar-refractivity contribution in [2.45, 2.75) is 38.5 Å². The van der Waals surface area contributed by atoms with Gasteiger partial charge in [-0.05, 0) is 36.3 Å². The standard InChI is InChI=1S/C18H18ClF5/c1-4-15(19)6-5-11(2)12(3)14-7-13(8-16(20)9-14)10-18(23,24)17(21)22/h4-9,12,17H,1,10H2,2-3H3/b11-5+,15-6+. The molecule has 132 valence electrons. The first-order valence-corrected chi connectivity index (χ1v) is 7.56. The fourth-order valence-corrected chi connectivity index (χ4v) is 2.13. The molecule has 0 heterocycles. The molecule has 0 saturated carbocycles. The summed E-state index contributed by atoms with van der Waals surface area (Å²) in [6, 6.07) is 3.37. The predicted octanol–water partition coefficient (Wildman–Crippen LogP) is 6.63. The van der Waals surface area contributed by atoms with Crippen molar-refractivity contribution in [1.82, 2.24) is 0 Å². The average molecular weight is 365 g/mol. The molecule has 1 atom stereocenters. The quantitative estimate of drug-likeness (QED) is 0.376. The second-order valence-corrected chi connectivity index (χ2v) is 5.96. The molecule has 1 unspecified atom stereocenters. The number of alkyl halides is 4. The number of benzene rings is 1. The van der Waals surface area contributed by atoms with Crippen molar-refractivity contribution in [1.29, 1.82) is 0 Å². The molecule has 0 aliphatic rings. The number of halogens is 6. The minimum absolute atomic E-state index is 0.172.